The first-order valence-corrected chi connectivity index (χ1v) is 9.85. The topological polar surface area (TPSA) is 79.6 Å². The summed E-state index contributed by atoms with van der Waals surface area (Å²) in [6.07, 6.45) is -0.454. The van der Waals surface area contributed by atoms with Gasteiger partial charge in [-0.1, -0.05) is 30.7 Å². The van der Waals surface area contributed by atoms with Crippen molar-refractivity contribution in [2.24, 2.45) is 0 Å². The standard InChI is InChI=1S/C18H17ClN2O4S/c1-2-21(11-15-12-24-16-5-3-4-6-17(16)25-15)26(22,23)18-9-14(19)8-7-13(18)10-20/h3-9,15H,2,11-12H2,1H3. The Morgan fingerprint density at radius 3 is 2.69 bits per heavy atom. The van der Waals surface area contributed by atoms with Crippen LogP contribution >= 0.6 is 11.6 Å². The van der Waals surface area contributed by atoms with E-state index >= 15 is 0 Å². The van der Waals surface area contributed by atoms with Crippen LogP contribution in [0.3, 0.4) is 0 Å². The van der Waals surface area contributed by atoms with E-state index in [4.69, 9.17) is 21.1 Å². The average molecular weight is 393 g/mol. The van der Waals surface area contributed by atoms with Crippen LogP contribution in [0.1, 0.15) is 12.5 Å². The Morgan fingerprint density at radius 1 is 1.27 bits per heavy atom. The number of nitriles is 1. The van der Waals surface area contributed by atoms with Crippen LogP contribution in [-0.2, 0) is 10.0 Å². The molecule has 0 aromatic heterocycles. The van der Waals surface area contributed by atoms with Crippen LogP contribution in [0.2, 0.25) is 5.02 Å². The number of para-hydroxylation sites is 2. The van der Waals surface area contributed by atoms with Crippen molar-refractivity contribution >= 4 is 21.6 Å². The van der Waals surface area contributed by atoms with Crippen LogP contribution in [0.15, 0.2) is 47.4 Å². The summed E-state index contributed by atoms with van der Waals surface area (Å²) in [6.45, 7) is 2.29. The van der Waals surface area contributed by atoms with Crippen molar-refractivity contribution in [2.75, 3.05) is 19.7 Å². The lowest BCUT2D eigenvalue weighted by Gasteiger charge is -2.30. The number of nitrogens with zero attached hydrogens (tertiary/aromatic N) is 2. The number of hydrogen-bond acceptors (Lipinski definition) is 5. The molecule has 1 aliphatic heterocycles. The second-order valence-corrected chi connectivity index (χ2v) is 8.05. The summed E-state index contributed by atoms with van der Waals surface area (Å²) >= 11 is 5.94. The molecule has 0 fully saturated rings. The molecular weight excluding hydrogens is 376 g/mol. The van der Waals surface area contributed by atoms with E-state index in [9.17, 15) is 13.7 Å². The lowest BCUT2D eigenvalue weighted by molar-refractivity contribution is 0.0771. The maximum Gasteiger partial charge on any atom is 0.244 e. The molecule has 1 aliphatic rings. The van der Waals surface area contributed by atoms with Crippen LogP contribution in [0.4, 0.5) is 0 Å². The van der Waals surface area contributed by atoms with Crippen molar-refractivity contribution in [1.82, 2.24) is 4.31 Å². The van der Waals surface area contributed by atoms with Gasteiger partial charge in [0.1, 0.15) is 23.7 Å². The van der Waals surface area contributed by atoms with Crippen LogP contribution in [0.25, 0.3) is 0 Å². The second kappa shape index (κ2) is 7.54. The van der Waals surface area contributed by atoms with E-state index in [1.165, 1.54) is 22.5 Å². The molecule has 0 saturated carbocycles. The van der Waals surface area contributed by atoms with Crippen molar-refractivity contribution in [1.29, 1.82) is 5.26 Å². The van der Waals surface area contributed by atoms with Gasteiger partial charge in [-0.2, -0.15) is 9.57 Å². The van der Waals surface area contributed by atoms with Gasteiger partial charge in [0.05, 0.1) is 12.1 Å². The molecule has 26 heavy (non-hydrogen) atoms. The number of ether oxygens (including phenoxy) is 2. The molecule has 0 aliphatic carbocycles. The molecule has 6 nitrogen and oxygen atoms in total. The first kappa shape index (κ1) is 18.5. The molecule has 0 radical (unpaired) electrons. The van der Waals surface area contributed by atoms with E-state index in [-0.39, 0.29) is 35.2 Å². The van der Waals surface area contributed by atoms with Gasteiger partial charge in [0.2, 0.25) is 10.0 Å². The van der Waals surface area contributed by atoms with Crippen molar-refractivity contribution in [3.8, 4) is 17.6 Å². The van der Waals surface area contributed by atoms with Crippen LogP contribution in [0.5, 0.6) is 11.5 Å². The Morgan fingerprint density at radius 2 is 2.00 bits per heavy atom. The quantitative estimate of drug-likeness (QED) is 0.781. The molecule has 2 aromatic rings. The van der Waals surface area contributed by atoms with Crippen LogP contribution in [-0.4, -0.2) is 38.5 Å². The third-order valence-electron chi connectivity index (χ3n) is 4.01. The smallest absolute Gasteiger partial charge is 0.244 e. The molecule has 0 saturated heterocycles. The largest absolute Gasteiger partial charge is 0.486 e. The summed E-state index contributed by atoms with van der Waals surface area (Å²) in [7, 11) is -3.90. The monoisotopic (exact) mass is 392 g/mol. The highest BCUT2D eigenvalue weighted by Crippen LogP contribution is 2.32. The van der Waals surface area contributed by atoms with Gasteiger partial charge in [-0.3, -0.25) is 0 Å². The lowest BCUT2D eigenvalue weighted by Crippen LogP contribution is -2.43. The number of fused-ring (bicyclic) bond motifs is 1. The fraction of sp³-hybridized carbons (Fsp3) is 0.278. The van der Waals surface area contributed by atoms with Crippen molar-refractivity contribution < 1.29 is 17.9 Å². The Labute approximate surface area is 157 Å². The van der Waals surface area contributed by atoms with E-state index < -0.39 is 16.1 Å². The molecular formula is C18H17ClN2O4S. The highest BCUT2D eigenvalue weighted by molar-refractivity contribution is 7.89. The molecule has 1 heterocycles. The third kappa shape index (κ3) is 3.63. The van der Waals surface area contributed by atoms with Crippen LogP contribution < -0.4 is 9.47 Å². The molecule has 3 rings (SSSR count). The van der Waals surface area contributed by atoms with Gasteiger partial charge >= 0.3 is 0 Å². The van der Waals surface area contributed by atoms with E-state index in [2.05, 4.69) is 0 Å². The van der Waals surface area contributed by atoms with Gasteiger partial charge in [-0.25, -0.2) is 8.42 Å². The maximum absolute atomic E-state index is 13.0. The number of rotatable bonds is 5. The maximum atomic E-state index is 13.0. The zero-order valence-electron chi connectivity index (χ0n) is 14.1. The third-order valence-corrected chi connectivity index (χ3v) is 6.23. The predicted molar refractivity (Wildman–Crippen MR) is 97.0 cm³/mol. The summed E-state index contributed by atoms with van der Waals surface area (Å²) < 4.78 is 38.8. The van der Waals surface area contributed by atoms with Crippen molar-refractivity contribution in [3.63, 3.8) is 0 Å². The Bertz CT molecular complexity index is 956. The minimum absolute atomic E-state index is 0.0546. The summed E-state index contributed by atoms with van der Waals surface area (Å²) in [5, 5.41) is 9.49. The van der Waals surface area contributed by atoms with Gasteiger partial charge in [0.25, 0.3) is 0 Å². The highest BCUT2D eigenvalue weighted by atomic mass is 35.5. The molecule has 0 amide bonds. The Balaban J connectivity index is 1.85. The number of sulfonamides is 1. The lowest BCUT2D eigenvalue weighted by atomic mass is 10.2. The van der Waals surface area contributed by atoms with Crippen molar-refractivity contribution in [2.45, 2.75) is 17.9 Å². The number of hydrogen-bond donors (Lipinski definition) is 0. The summed E-state index contributed by atoms with van der Waals surface area (Å²) in [6, 6.07) is 13.3. The normalized spacial score (nSPS) is 16.3. The molecule has 136 valence electrons. The SMILES string of the molecule is CCN(CC1COc2ccccc2O1)S(=O)(=O)c1cc(Cl)ccc1C#N. The zero-order chi connectivity index (χ0) is 18.7. The Kier molecular flexibility index (Phi) is 5.37. The first-order chi connectivity index (χ1) is 12.5. The molecule has 8 heteroatoms. The fourth-order valence-corrected chi connectivity index (χ4v) is 4.60. The summed E-state index contributed by atoms with van der Waals surface area (Å²) in [5.41, 5.74) is 0.0546. The molecule has 2 aromatic carbocycles. The second-order valence-electron chi connectivity index (χ2n) is 5.71. The van der Waals surface area contributed by atoms with E-state index in [0.717, 1.165) is 0 Å². The Hall–Kier alpha value is -2.27. The summed E-state index contributed by atoms with van der Waals surface area (Å²) in [5.74, 6) is 1.22. The molecule has 0 spiro atoms. The highest BCUT2D eigenvalue weighted by Gasteiger charge is 2.31. The molecule has 0 bridgehead atoms. The van der Waals surface area contributed by atoms with Crippen molar-refractivity contribution in [3.05, 3.63) is 53.1 Å². The molecule has 0 N–H and O–H groups in total. The van der Waals surface area contributed by atoms with Crippen LogP contribution in [0, 0.1) is 11.3 Å². The molecule has 1 unspecified atom stereocenters. The average Bonchev–Trinajstić information content (AvgIpc) is 2.65. The number of halogens is 1. The zero-order valence-corrected chi connectivity index (χ0v) is 15.6. The predicted octanol–water partition coefficient (Wildman–Crippen LogP) is 3.06. The number of benzene rings is 2. The van der Waals surface area contributed by atoms with E-state index in [1.54, 1.807) is 19.1 Å². The van der Waals surface area contributed by atoms with Gasteiger partial charge in [-0.15, -0.1) is 0 Å². The molecule has 1 atom stereocenters. The van der Waals surface area contributed by atoms with Gasteiger partial charge in [0.15, 0.2) is 11.5 Å². The van der Waals surface area contributed by atoms with Gasteiger partial charge < -0.3 is 9.47 Å². The summed E-state index contributed by atoms with van der Waals surface area (Å²) in [4.78, 5) is -0.105. The minimum atomic E-state index is -3.90. The van der Waals surface area contributed by atoms with Gasteiger partial charge in [-0.05, 0) is 30.3 Å². The van der Waals surface area contributed by atoms with Gasteiger partial charge in [0, 0.05) is 11.6 Å². The number of likely N-dealkylation sites (N-methyl/N-ethyl adjacent to an activating group) is 1. The van der Waals surface area contributed by atoms with E-state index in [1.807, 2.05) is 18.2 Å². The van der Waals surface area contributed by atoms with E-state index in [0.29, 0.717) is 11.5 Å². The first-order valence-electron chi connectivity index (χ1n) is 8.04. The fourth-order valence-electron chi connectivity index (χ4n) is 2.72. The minimum Gasteiger partial charge on any atom is -0.486 e.